The number of aromatic amines is 1. The first-order chi connectivity index (χ1) is 11.5. The Labute approximate surface area is 144 Å². The van der Waals surface area contributed by atoms with Crippen LogP contribution in [0.2, 0.25) is 0 Å². The number of carbonyl (C=O) groups is 1. The maximum Gasteiger partial charge on any atom is 0.274 e. The van der Waals surface area contributed by atoms with Crippen LogP contribution in [0.4, 0.5) is 0 Å². The van der Waals surface area contributed by atoms with Gasteiger partial charge in [-0.25, -0.2) is 0 Å². The minimum atomic E-state index is -0.0220. The molecule has 1 aromatic heterocycles. The maximum atomic E-state index is 13.0. The number of amides is 1. The Morgan fingerprint density at radius 3 is 2.58 bits per heavy atom. The molecule has 1 aromatic rings. The summed E-state index contributed by atoms with van der Waals surface area (Å²) in [4.78, 5) is 17.4. The highest BCUT2D eigenvalue weighted by molar-refractivity contribution is 5.94. The number of carbonyl (C=O) groups excluding carboxylic acids is 1. The first kappa shape index (κ1) is 17.4. The molecule has 1 fully saturated rings. The van der Waals surface area contributed by atoms with Gasteiger partial charge in [0.2, 0.25) is 0 Å². The smallest absolute Gasteiger partial charge is 0.274 e. The number of likely N-dealkylation sites (tertiary alicyclic amines) is 1. The largest absolute Gasteiger partial charge is 0.369 e. The zero-order valence-electron chi connectivity index (χ0n) is 15.3. The molecule has 1 saturated heterocycles. The summed E-state index contributed by atoms with van der Waals surface area (Å²) in [5, 5.41) is 7.37. The third-order valence-electron chi connectivity index (χ3n) is 5.52. The van der Waals surface area contributed by atoms with Crippen LogP contribution in [0.3, 0.4) is 0 Å². The van der Waals surface area contributed by atoms with Crippen molar-refractivity contribution in [1.82, 2.24) is 20.0 Å². The van der Waals surface area contributed by atoms with E-state index in [1.54, 1.807) is 0 Å². The normalized spacial score (nSPS) is 25.1. The van der Waals surface area contributed by atoms with Gasteiger partial charge in [-0.3, -0.25) is 9.89 Å². The van der Waals surface area contributed by atoms with Gasteiger partial charge in [-0.15, -0.1) is 0 Å². The van der Waals surface area contributed by atoms with Gasteiger partial charge in [0.1, 0.15) is 0 Å². The quantitative estimate of drug-likeness (QED) is 0.918. The van der Waals surface area contributed by atoms with Gasteiger partial charge in [0.15, 0.2) is 5.69 Å². The second kappa shape index (κ2) is 7.23. The minimum absolute atomic E-state index is 0.0220. The van der Waals surface area contributed by atoms with Crippen LogP contribution in [0.1, 0.15) is 68.4 Å². The number of ether oxygens (including phenoxy) is 1. The molecule has 2 aliphatic heterocycles. The third kappa shape index (κ3) is 3.22. The molecule has 0 bridgehead atoms. The van der Waals surface area contributed by atoms with Gasteiger partial charge < -0.3 is 14.5 Å². The van der Waals surface area contributed by atoms with Crippen LogP contribution in [-0.4, -0.2) is 64.2 Å². The molecule has 1 N–H and O–H groups in total. The number of aromatic nitrogens is 2. The number of hydrogen-bond donors (Lipinski definition) is 1. The Balaban J connectivity index is 1.69. The average molecular weight is 334 g/mol. The molecule has 3 rings (SSSR count). The zero-order valence-corrected chi connectivity index (χ0v) is 15.3. The summed E-state index contributed by atoms with van der Waals surface area (Å²) >= 11 is 0. The van der Waals surface area contributed by atoms with Gasteiger partial charge >= 0.3 is 0 Å². The van der Waals surface area contributed by atoms with E-state index in [0.717, 1.165) is 56.7 Å². The van der Waals surface area contributed by atoms with Gasteiger partial charge in [0.05, 0.1) is 17.9 Å². The lowest BCUT2D eigenvalue weighted by atomic mass is 9.98. The molecule has 2 atom stereocenters. The minimum Gasteiger partial charge on any atom is -0.369 e. The van der Waals surface area contributed by atoms with Crippen LogP contribution in [-0.2, 0) is 11.2 Å². The van der Waals surface area contributed by atoms with E-state index >= 15 is 0 Å². The topological polar surface area (TPSA) is 61.5 Å². The van der Waals surface area contributed by atoms with Gasteiger partial charge in [-0.05, 0) is 39.8 Å². The number of fused-ring (bicyclic) bond motifs is 1. The number of nitrogens with one attached hydrogen (secondary N) is 1. The highest BCUT2D eigenvalue weighted by Gasteiger charge is 2.33. The van der Waals surface area contributed by atoms with Crippen molar-refractivity contribution in [3.8, 4) is 0 Å². The van der Waals surface area contributed by atoms with Crippen molar-refractivity contribution in [2.45, 2.75) is 65.2 Å². The van der Waals surface area contributed by atoms with E-state index in [-0.39, 0.29) is 18.1 Å². The van der Waals surface area contributed by atoms with Crippen molar-refractivity contribution in [2.24, 2.45) is 0 Å². The predicted octanol–water partition coefficient (Wildman–Crippen LogP) is 2.38. The molecule has 0 radical (unpaired) electrons. The van der Waals surface area contributed by atoms with Gasteiger partial charge in [-0.1, -0.05) is 13.8 Å². The molecule has 0 aliphatic carbocycles. The lowest BCUT2D eigenvalue weighted by Crippen LogP contribution is -2.47. The fourth-order valence-electron chi connectivity index (χ4n) is 4.17. The number of rotatable bonds is 4. The van der Waals surface area contributed by atoms with Crippen molar-refractivity contribution in [2.75, 3.05) is 26.2 Å². The van der Waals surface area contributed by atoms with E-state index in [1.807, 2.05) is 11.8 Å². The van der Waals surface area contributed by atoms with Crippen LogP contribution < -0.4 is 0 Å². The fraction of sp³-hybridized carbons (Fsp3) is 0.778. The molecule has 0 saturated carbocycles. The van der Waals surface area contributed by atoms with Crippen molar-refractivity contribution in [3.63, 3.8) is 0 Å². The first-order valence-corrected chi connectivity index (χ1v) is 9.31. The van der Waals surface area contributed by atoms with Gasteiger partial charge in [0.25, 0.3) is 5.91 Å². The Morgan fingerprint density at radius 2 is 1.96 bits per heavy atom. The van der Waals surface area contributed by atoms with Crippen LogP contribution in [0.15, 0.2) is 0 Å². The standard InChI is InChI=1S/C18H30N4O2/c1-5-21(6-2)14-7-9-22(10-8-14)18(23)17-15-11-12(3)24-13(4)16(15)19-20-17/h12-14H,5-11H2,1-4H3,(H,19,20)/t12-,13+/m0/s1. The molecule has 3 heterocycles. The monoisotopic (exact) mass is 334 g/mol. The van der Waals surface area contributed by atoms with E-state index in [1.165, 1.54) is 0 Å². The summed E-state index contributed by atoms with van der Waals surface area (Å²) in [7, 11) is 0. The number of H-pyrrole nitrogens is 1. The summed E-state index contributed by atoms with van der Waals surface area (Å²) in [6.45, 7) is 12.3. The Morgan fingerprint density at radius 1 is 1.29 bits per heavy atom. The molecule has 134 valence electrons. The van der Waals surface area contributed by atoms with Crippen LogP contribution in [0.5, 0.6) is 0 Å². The SMILES string of the molecule is CCN(CC)C1CCN(C(=O)c2n[nH]c3c2C[C@H](C)O[C@@H]3C)CC1. The molecular weight excluding hydrogens is 304 g/mol. The summed E-state index contributed by atoms with van der Waals surface area (Å²) < 4.78 is 5.81. The van der Waals surface area contributed by atoms with E-state index in [0.29, 0.717) is 11.7 Å². The Kier molecular flexibility index (Phi) is 5.25. The third-order valence-corrected chi connectivity index (χ3v) is 5.52. The van der Waals surface area contributed by atoms with Gasteiger partial charge in [-0.2, -0.15) is 5.10 Å². The lowest BCUT2D eigenvalue weighted by Gasteiger charge is -2.37. The molecule has 1 amide bonds. The van der Waals surface area contributed by atoms with Crippen molar-refractivity contribution < 1.29 is 9.53 Å². The Hall–Kier alpha value is -1.40. The molecule has 24 heavy (non-hydrogen) atoms. The molecule has 0 unspecified atom stereocenters. The molecule has 0 spiro atoms. The predicted molar refractivity (Wildman–Crippen MR) is 93.1 cm³/mol. The average Bonchev–Trinajstić information content (AvgIpc) is 3.00. The fourth-order valence-corrected chi connectivity index (χ4v) is 4.17. The second-order valence-electron chi connectivity index (χ2n) is 7.00. The molecular formula is C18H30N4O2. The second-order valence-corrected chi connectivity index (χ2v) is 7.00. The molecule has 6 nitrogen and oxygen atoms in total. The number of nitrogens with zero attached hydrogens (tertiary/aromatic N) is 3. The van der Waals surface area contributed by atoms with E-state index in [9.17, 15) is 4.79 Å². The van der Waals surface area contributed by atoms with Crippen molar-refractivity contribution in [1.29, 1.82) is 0 Å². The summed E-state index contributed by atoms with van der Waals surface area (Å²) in [6.07, 6.45) is 2.97. The highest BCUT2D eigenvalue weighted by Crippen LogP contribution is 2.31. The van der Waals surface area contributed by atoms with E-state index in [2.05, 4.69) is 35.9 Å². The molecule has 6 heteroatoms. The van der Waals surface area contributed by atoms with Crippen LogP contribution in [0.25, 0.3) is 0 Å². The summed E-state index contributed by atoms with van der Waals surface area (Å²) in [6, 6.07) is 0.602. The zero-order chi connectivity index (χ0) is 17.3. The number of piperidine rings is 1. The van der Waals surface area contributed by atoms with Crippen molar-refractivity contribution >= 4 is 5.91 Å². The number of hydrogen-bond acceptors (Lipinski definition) is 4. The van der Waals surface area contributed by atoms with E-state index in [4.69, 9.17) is 4.74 Å². The highest BCUT2D eigenvalue weighted by atomic mass is 16.5. The van der Waals surface area contributed by atoms with Crippen LogP contribution >= 0.6 is 0 Å². The Bertz CT molecular complexity index is 574. The summed E-state index contributed by atoms with van der Waals surface area (Å²) in [5.74, 6) is 0.0757. The van der Waals surface area contributed by atoms with Gasteiger partial charge in [0, 0.05) is 31.1 Å². The maximum absolute atomic E-state index is 13.0. The van der Waals surface area contributed by atoms with Crippen LogP contribution in [0, 0.1) is 0 Å². The molecule has 0 aromatic carbocycles. The van der Waals surface area contributed by atoms with Crippen molar-refractivity contribution in [3.05, 3.63) is 17.0 Å². The summed E-state index contributed by atoms with van der Waals surface area (Å²) in [5.41, 5.74) is 2.62. The first-order valence-electron chi connectivity index (χ1n) is 9.31. The molecule has 2 aliphatic rings. The lowest BCUT2D eigenvalue weighted by molar-refractivity contribution is -0.00703. The van der Waals surface area contributed by atoms with E-state index < -0.39 is 0 Å².